The summed E-state index contributed by atoms with van der Waals surface area (Å²) >= 11 is 0. The zero-order chi connectivity index (χ0) is 14.5. The van der Waals surface area contributed by atoms with Crippen LogP contribution in [0.15, 0.2) is 35.9 Å². The zero-order valence-corrected chi connectivity index (χ0v) is 12.6. The molecule has 1 aliphatic rings. The highest BCUT2D eigenvalue weighted by atomic mass is 16.2. The Morgan fingerprint density at radius 1 is 1.30 bits per heavy atom. The second-order valence-corrected chi connectivity index (χ2v) is 5.84. The standard InChI is InChI=1S/C17H24N2O/c1-13(2)11-17(20)19-9-7-15(8-10-19)18-16-6-4-5-14(3)12-16/h4-6,11-12,15,18H,7-10H2,1-3H3. The molecule has 0 unspecified atom stereocenters. The Morgan fingerprint density at radius 2 is 2.00 bits per heavy atom. The maximum Gasteiger partial charge on any atom is 0.246 e. The van der Waals surface area contributed by atoms with Crippen LogP contribution in [0.4, 0.5) is 5.69 Å². The summed E-state index contributed by atoms with van der Waals surface area (Å²) in [6.45, 7) is 7.71. The molecular formula is C17H24N2O. The summed E-state index contributed by atoms with van der Waals surface area (Å²) in [4.78, 5) is 13.9. The lowest BCUT2D eigenvalue weighted by atomic mass is 10.0. The summed E-state index contributed by atoms with van der Waals surface area (Å²) in [5.74, 6) is 0.152. The van der Waals surface area contributed by atoms with Crippen LogP contribution in [-0.4, -0.2) is 29.9 Å². The number of anilines is 1. The molecule has 1 aromatic rings. The van der Waals surface area contributed by atoms with Gasteiger partial charge in [0.25, 0.3) is 0 Å². The van der Waals surface area contributed by atoms with E-state index in [9.17, 15) is 4.79 Å². The fraction of sp³-hybridized carbons (Fsp3) is 0.471. The first-order chi connectivity index (χ1) is 9.54. The van der Waals surface area contributed by atoms with Crippen molar-refractivity contribution in [2.45, 2.75) is 39.7 Å². The molecule has 2 rings (SSSR count). The Morgan fingerprint density at radius 3 is 2.60 bits per heavy atom. The largest absolute Gasteiger partial charge is 0.382 e. The number of allylic oxidation sites excluding steroid dienone is 1. The number of carbonyl (C=O) groups excluding carboxylic acids is 1. The van der Waals surface area contributed by atoms with Crippen molar-refractivity contribution in [2.75, 3.05) is 18.4 Å². The van der Waals surface area contributed by atoms with Crippen LogP contribution in [0.2, 0.25) is 0 Å². The minimum atomic E-state index is 0.152. The number of nitrogens with zero attached hydrogens (tertiary/aromatic N) is 1. The van der Waals surface area contributed by atoms with Gasteiger partial charge in [0, 0.05) is 30.9 Å². The molecule has 0 saturated carbocycles. The normalized spacial score (nSPS) is 15.8. The predicted octanol–water partition coefficient (Wildman–Crippen LogP) is 3.36. The van der Waals surface area contributed by atoms with E-state index in [2.05, 4.69) is 36.5 Å². The second-order valence-electron chi connectivity index (χ2n) is 5.84. The molecule has 3 heteroatoms. The molecule has 1 fully saturated rings. The summed E-state index contributed by atoms with van der Waals surface area (Å²) in [6.07, 6.45) is 3.75. The van der Waals surface area contributed by atoms with Gasteiger partial charge in [-0.1, -0.05) is 17.7 Å². The summed E-state index contributed by atoms with van der Waals surface area (Å²) in [7, 11) is 0. The van der Waals surface area contributed by atoms with Crippen molar-refractivity contribution >= 4 is 11.6 Å². The van der Waals surface area contributed by atoms with Crippen LogP contribution >= 0.6 is 0 Å². The molecular weight excluding hydrogens is 248 g/mol. The van der Waals surface area contributed by atoms with Gasteiger partial charge in [0.15, 0.2) is 0 Å². The van der Waals surface area contributed by atoms with E-state index in [1.54, 1.807) is 6.08 Å². The van der Waals surface area contributed by atoms with E-state index in [4.69, 9.17) is 0 Å². The number of amides is 1. The third kappa shape index (κ3) is 4.12. The molecule has 1 N–H and O–H groups in total. The molecule has 0 bridgehead atoms. The van der Waals surface area contributed by atoms with E-state index in [1.807, 2.05) is 18.7 Å². The van der Waals surface area contributed by atoms with Gasteiger partial charge in [0.2, 0.25) is 5.91 Å². The van der Waals surface area contributed by atoms with Crippen LogP contribution in [-0.2, 0) is 4.79 Å². The van der Waals surface area contributed by atoms with Crippen molar-refractivity contribution in [3.63, 3.8) is 0 Å². The smallest absolute Gasteiger partial charge is 0.246 e. The molecule has 1 aromatic carbocycles. The molecule has 1 heterocycles. The molecule has 108 valence electrons. The van der Waals surface area contributed by atoms with Crippen molar-refractivity contribution in [1.29, 1.82) is 0 Å². The molecule has 0 aliphatic carbocycles. The minimum Gasteiger partial charge on any atom is -0.382 e. The zero-order valence-electron chi connectivity index (χ0n) is 12.6. The molecule has 1 saturated heterocycles. The number of likely N-dealkylation sites (tertiary alicyclic amines) is 1. The summed E-state index contributed by atoms with van der Waals surface area (Å²) in [5.41, 5.74) is 3.51. The number of hydrogen-bond donors (Lipinski definition) is 1. The Balaban J connectivity index is 1.85. The topological polar surface area (TPSA) is 32.3 Å². The molecule has 0 radical (unpaired) electrons. The Labute approximate surface area is 121 Å². The maximum atomic E-state index is 11.9. The number of piperidine rings is 1. The van der Waals surface area contributed by atoms with Crippen molar-refractivity contribution in [3.8, 4) is 0 Å². The highest BCUT2D eigenvalue weighted by molar-refractivity contribution is 5.88. The first kappa shape index (κ1) is 14.6. The number of nitrogens with one attached hydrogen (secondary N) is 1. The lowest BCUT2D eigenvalue weighted by Gasteiger charge is -2.32. The van der Waals surface area contributed by atoms with Gasteiger partial charge in [-0.25, -0.2) is 0 Å². The van der Waals surface area contributed by atoms with Crippen molar-refractivity contribution in [1.82, 2.24) is 4.90 Å². The van der Waals surface area contributed by atoms with Crippen LogP contribution in [0, 0.1) is 6.92 Å². The molecule has 3 nitrogen and oxygen atoms in total. The van der Waals surface area contributed by atoms with Crippen LogP contribution in [0.5, 0.6) is 0 Å². The van der Waals surface area contributed by atoms with Gasteiger partial charge in [-0.15, -0.1) is 0 Å². The predicted molar refractivity (Wildman–Crippen MR) is 83.8 cm³/mol. The lowest BCUT2D eigenvalue weighted by Crippen LogP contribution is -2.41. The lowest BCUT2D eigenvalue weighted by molar-refractivity contribution is -0.126. The van der Waals surface area contributed by atoms with Crippen LogP contribution in [0.1, 0.15) is 32.3 Å². The highest BCUT2D eigenvalue weighted by Gasteiger charge is 2.21. The van der Waals surface area contributed by atoms with Crippen LogP contribution in [0.25, 0.3) is 0 Å². The average molecular weight is 272 g/mol. The van der Waals surface area contributed by atoms with E-state index < -0.39 is 0 Å². The third-order valence-electron chi connectivity index (χ3n) is 3.61. The first-order valence-corrected chi connectivity index (χ1v) is 7.31. The highest BCUT2D eigenvalue weighted by Crippen LogP contribution is 2.18. The fourth-order valence-corrected chi connectivity index (χ4v) is 2.55. The van der Waals surface area contributed by atoms with Crippen molar-refractivity contribution in [3.05, 3.63) is 41.5 Å². The van der Waals surface area contributed by atoms with E-state index >= 15 is 0 Å². The monoisotopic (exact) mass is 272 g/mol. The Kier molecular flexibility index (Phi) is 4.83. The number of benzene rings is 1. The molecule has 1 amide bonds. The van der Waals surface area contributed by atoms with Gasteiger partial charge in [0.1, 0.15) is 0 Å². The van der Waals surface area contributed by atoms with Gasteiger partial charge in [-0.05, 0) is 51.3 Å². The third-order valence-corrected chi connectivity index (χ3v) is 3.61. The van der Waals surface area contributed by atoms with Gasteiger partial charge in [-0.3, -0.25) is 4.79 Å². The van der Waals surface area contributed by atoms with Gasteiger partial charge >= 0.3 is 0 Å². The summed E-state index contributed by atoms with van der Waals surface area (Å²) < 4.78 is 0. The number of rotatable bonds is 3. The van der Waals surface area contributed by atoms with Crippen molar-refractivity contribution in [2.24, 2.45) is 0 Å². The van der Waals surface area contributed by atoms with Crippen LogP contribution in [0.3, 0.4) is 0 Å². The van der Waals surface area contributed by atoms with Crippen LogP contribution < -0.4 is 5.32 Å². The van der Waals surface area contributed by atoms with Gasteiger partial charge < -0.3 is 10.2 Å². The summed E-state index contributed by atoms with van der Waals surface area (Å²) in [6, 6.07) is 8.92. The molecule has 0 atom stereocenters. The number of hydrogen-bond acceptors (Lipinski definition) is 2. The fourth-order valence-electron chi connectivity index (χ4n) is 2.55. The number of aryl methyl sites for hydroxylation is 1. The SMILES string of the molecule is CC(C)=CC(=O)N1CCC(Nc2cccc(C)c2)CC1. The summed E-state index contributed by atoms with van der Waals surface area (Å²) in [5, 5.41) is 3.57. The number of carbonyl (C=O) groups is 1. The minimum absolute atomic E-state index is 0.152. The van der Waals surface area contributed by atoms with Gasteiger partial charge in [-0.2, -0.15) is 0 Å². The van der Waals surface area contributed by atoms with E-state index in [-0.39, 0.29) is 5.91 Å². The maximum absolute atomic E-state index is 11.9. The molecule has 0 aromatic heterocycles. The average Bonchev–Trinajstić information content (AvgIpc) is 2.38. The van der Waals surface area contributed by atoms with Gasteiger partial charge in [0.05, 0.1) is 0 Å². The van der Waals surface area contributed by atoms with E-state index in [1.165, 1.54) is 11.3 Å². The van der Waals surface area contributed by atoms with E-state index in [0.717, 1.165) is 31.5 Å². The molecule has 0 spiro atoms. The quantitative estimate of drug-likeness (QED) is 0.856. The van der Waals surface area contributed by atoms with E-state index in [0.29, 0.717) is 6.04 Å². The Bertz CT molecular complexity index is 495. The molecule has 1 aliphatic heterocycles. The second kappa shape index (κ2) is 6.60. The first-order valence-electron chi connectivity index (χ1n) is 7.31. The Hall–Kier alpha value is -1.77. The molecule has 20 heavy (non-hydrogen) atoms. The van der Waals surface area contributed by atoms with Crippen molar-refractivity contribution < 1.29 is 4.79 Å².